The molecular weight excluding hydrogens is 212 g/mol. The van der Waals surface area contributed by atoms with Crippen molar-refractivity contribution >= 4 is 28.5 Å². The summed E-state index contributed by atoms with van der Waals surface area (Å²) in [7, 11) is 0. The van der Waals surface area contributed by atoms with Crippen molar-refractivity contribution in [1.29, 1.82) is 0 Å². The third-order valence-electron chi connectivity index (χ3n) is 2.06. The van der Waals surface area contributed by atoms with E-state index in [1.807, 2.05) is 36.7 Å². The number of thiophene rings is 2. The Morgan fingerprint density at radius 3 is 2.50 bits per heavy atom. The van der Waals surface area contributed by atoms with E-state index in [4.69, 9.17) is 0 Å². The van der Waals surface area contributed by atoms with Crippen LogP contribution in [0.3, 0.4) is 0 Å². The summed E-state index contributed by atoms with van der Waals surface area (Å²) in [5.74, 6) is 0.154. The van der Waals surface area contributed by atoms with E-state index in [1.165, 1.54) is 4.88 Å². The maximum atomic E-state index is 12.0. The molecule has 0 aliphatic carbocycles. The quantitative estimate of drug-likeness (QED) is 0.709. The molecule has 0 aliphatic heterocycles. The molecular formula is C11H10OS2. The molecule has 0 atom stereocenters. The van der Waals surface area contributed by atoms with Gasteiger partial charge in [0.25, 0.3) is 0 Å². The molecule has 0 N–H and O–H groups in total. The summed E-state index contributed by atoms with van der Waals surface area (Å²) in [5, 5.41) is 3.93. The molecule has 3 heteroatoms. The second-order valence-corrected chi connectivity index (χ2v) is 5.24. The van der Waals surface area contributed by atoms with Gasteiger partial charge in [0.05, 0.1) is 4.88 Å². The van der Waals surface area contributed by atoms with Gasteiger partial charge in [0.2, 0.25) is 5.78 Å². The smallest absolute Gasteiger partial charge is 0.204 e. The van der Waals surface area contributed by atoms with E-state index in [9.17, 15) is 4.79 Å². The van der Waals surface area contributed by atoms with Crippen LogP contribution in [0.2, 0.25) is 0 Å². The summed E-state index contributed by atoms with van der Waals surface area (Å²) in [5.41, 5.74) is 1.92. The first kappa shape index (κ1) is 9.62. The van der Waals surface area contributed by atoms with Crippen molar-refractivity contribution in [2.24, 2.45) is 0 Å². The van der Waals surface area contributed by atoms with Crippen LogP contribution in [0.15, 0.2) is 22.9 Å². The van der Waals surface area contributed by atoms with Crippen LogP contribution < -0.4 is 0 Å². The molecule has 14 heavy (non-hydrogen) atoms. The zero-order chi connectivity index (χ0) is 10.1. The average molecular weight is 222 g/mol. The Morgan fingerprint density at radius 2 is 2.00 bits per heavy atom. The number of rotatable bonds is 2. The molecule has 2 rings (SSSR count). The van der Waals surface area contributed by atoms with Gasteiger partial charge in [-0.15, -0.1) is 11.3 Å². The lowest BCUT2D eigenvalue weighted by atomic mass is 10.1. The van der Waals surface area contributed by atoms with Gasteiger partial charge in [-0.05, 0) is 36.9 Å². The van der Waals surface area contributed by atoms with Crippen molar-refractivity contribution in [3.8, 4) is 0 Å². The summed E-state index contributed by atoms with van der Waals surface area (Å²) < 4.78 is 0. The molecule has 0 saturated carbocycles. The van der Waals surface area contributed by atoms with E-state index in [1.54, 1.807) is 22.7 Å². The average Bonchev–Trinajstić information content (AvgIpc) is 2.73. The lowest BCUT2D eigenvalue weighted by molar-refractivity contribution is 0.104. The predicted molar refractivity (Wildman–Crippen MR) is 61.5 cm³/mol. The Kier molecular flexibility index (Phi) is 2.52. The first-order valence-electron chi connectivity index (χ1n) is 4.32. The van der Waals surface area contributed by atoms with E-state index >= 15 is 0 Å². The third-order valence-corrected chi connectivity index (χ3v) is 3.93. The Labute approximate surface area is 91.0 Å². The number of carbonyl (C=O) groups excluding carboxylic acids is 1. The zero-order valence-corrected chi connectivity index (χ0v) is 9.67. The second-order valence-electron chi connectivity index (χ2n) is 3.21. The molecule has 0 fully saturated rings. The largest absolute Gasteiger partial charge is 0.288 e. The van der Waals surface area contributed by atoms with Crippen molar-refractivity contribution < 1.29 is 4.79 Å². The minimum absolute atomic E-state index is 0.154. The van der Waals surface area contributed by atoms with Crippen molar-refractivity contribution in [2.45, 2.75) is 13.8 Å². The molecule has 0 amide bonds. The number of aryl methyl sites for hydroxylation is 2. The van der Waals surface area contributed by atoms with Gasteiger partial charge in [-0.25, -0.2) is 0 Å². The normalized spacial score (nSPS) is 10.4. The number of hydrogen-bond acceptors (Lipinski definition) is 3. The van der Waals surface area contributed by atoms with Crippen molar-refractivity contribution in [3.63, 3.8) is 0 Å². The van der Waals surface area contributed by atoms with E-state index in [-0.39, 0.29) is 5.78 Å². The fraction of sp³-hybridized carbons (Fsp3) is 0.182. The molecule has 0 aromatic carbocycles. The fourth-order valence-electron chi connectivity index (χ4n) is 1.28. The lowest BCUT2D eigenvalue weighted by Crippen LogP contribution is -1.97. The zero-order valence-electron chi connectivity index (χ0n) is 8.03. The van der Waals surface area contributed by atoms with Gasteiger partial charge in [0.1, 0.15) is 0 Å². The van der Waals surface area contributed by atoms with Gasteiger partial charge in [-0.1, -0.05) is 0 Å². The maximum absolute atomic E-state index is 12.0. The van der Waals surface area contributed by atoms with Gasteiger partial charge in [-0.3, -0.25) is 4.79 Å². The maximum Gasteiger partial charge on any atom is 0.204 e. The van der Waals surface area contributed by atoms with E-state index in [2.05, 4.69) is 0 Å². The molecule has 0 unspecified atom stereocenters. The van der Waals surface area contributed by atoms with Crippen LogP contribution >= 0.6 is 22.7 Å². The van der Waals surface area contributed by atoms with Crippen LogP contribution in [0.5, 0.6) is 0 Å². The lowest BCUT2D eigenvalue weighted by Gasteiger charge is -1.95. The monoisotopic (exact) mass is 222 g/mol. The highest BCUT2D eigenvalue weighted by Crippen LogP contribution is 2.22. The molecule has 0 spiro atoms. The number of hydrogen-bond donors (Lipinski definition) is 0. The standard InChI is InChI=1S/C11H10OS2/c1-7-5-13-6-9(7)11(12)10-4-3-8(2)14-10/h3-6H,1-2H3. The first-order valence-corrected chi connectivity index (χ1v) is 6.08. The SMILES string of the molecule is Cc1ccc(C(=O)c2cscc2C)s1. The highest BCUT2D eigenvalue weighted by atomic mass is 32.1. The van der Waals surface area contributed by atoms with Gasteiger partial charge >= 0.3 is 0 Å². The Hall–Kier alpha value is -0.930. The third kappa shape index (κ3) is 1.65. The van der Waals surface area contributed by atoms with Gasteiger partial charge in [-0.2, -0.15) is 11.3 Å². The molecule has 72 valence electrons. The highest BCUT2D eigenvalue weighted by molar-refractivity contribution is 7.14. The van der Waals surface area contributed by atoms with Crippen molar-refractivity contribution in [2.75, 3.05) is 0 Å². The van der Waals surface area contributed by atoms with E-state index in [0.717, 1.165) is 16.0 Å². The van der Waals surface area contributed by atoms with Gasteiger partial charge < -0.3 is 0 Å². The minimum atomic E-state index is 0.154. The predicted octanol–water partition coefficient (Wildman–Crippen LogP) is 3.66. The number of ketones is 1. The highest BCUT2D eigenvalue weighted by Gasteiger charge is 2.13. The molecule has 0 aliphatic rings. The van der Waals surface area contributed by atoms with Crippen LogP contribution in [0, 0.1) is 13.8 Å². The summed E-state index contributed by atoms with van der Waals surface area (Å²) in [6.45, 7) is 3.99. The Balaban J connectivity index is 2.38. The van der Waals surface area contributed by atoms with Crippen LogP contribution in [0.1, 0.15) is 25.7 Å². The van der Waals surface area contributed by atoms with E-state index in [0.29, 0.717) is 0 Å². The van der Waals surface area contributed by atoms with Crippen LogP contribution in [0.25, 0.3) is 0 Å². The molecule has 1 nitrogen and oxygen atoms in total. The molecule has 2 aromatic rings. The Morgan fingerprint density at radius 1 is 1.21 bits per heavy atom. The summed E-state index contributed by atoms with van der Waals surface area (Å²) in [6.07, 6.45) is 0. The fourth-order valence-corrected chi connectivity index (χ4v) is 2.93. The van der Waals surface area contributed by atoms with Gasteiger partial charge in [0, 0.05) is 15.8 Å². The molecule has 0 radical (unpaired) electrons. The molecule has 2 aromatic heterocycles. The van der Waals surface area contributed by atoms with Crippen LogP contribution in [-0.4, -0.2) is 5.78 Å². The summed E-state index contributed by atoms with van der Waals surface area (Å²) in [4.78, 5) is 14.0. The topological polar surface area (TPSA) is 17.1 Å². The second kappa shape index (κ2) is 3.67. The van der Waals surface area contributed by atoms with Crippen molar-refractivity contribution in [3.05, 3.63) is 43.8 Å². The first-order chi connectivity index (χ1) is 6.68. The van der Waals surface area contributed by atoms with Gasteiger partial charge in [0.15, 0.2) is 0 Å². The summed E-state index contributed by atoms with van der Waals surface area (Å²) >= 11 is 3.14. The minimum Gasteiger partial charge on any atom is -0.288 e. The van der Waals surface area contributed by atoms with Crippen LogP contribution in [0.4, 0.5) is 0 Å². The van der Waals surface area contributed by atoms with Crippen LogP contribution in [-0.2, 0) is 0 Å². The number of carbonyl (C=O) groups is 1. The van der Waals surface area contributed by atoms with Crippen molar-refractivity contribution in [1.82, 2.24) is 0 Å². The molecule has 0 saturated heterocycles. The Bertz CT molecular complexity index is 465. The molecule has 2 heterocycles. The van der Waals surface area contributed by atoms with E-state index < -0.39 is 0 Å². The molecule has 0 bridgehead atoms. The summed E-state index contributed by atoms with van der Waals surface area (Å²) in [6, 6.07) is 3.89.